The second-order valence-corrected chi connectivity index (χ2v) is 10.9. The summed E-state index contributed by atoms with van der Waals surface area (Å²) >= 11 is 0. The molecule has 1 aromatic heterocycles. The first kappa shape index (κ1) is 27.7. The SMILES string of the molecule is CC[C@@H]1C[C@H](CC)CN(CCCNC(=O)C2CCN(Cc3nc(-c4c(F)cccc4F)oc3C)CC2)C1. The van der Waals surface area contributed by atoms with Crippen molar-refractivity contribution in [2.24, 2.45) is 17.8 Å². The summed E-state index contributed by atoms with van der Waals surface area (Å²) < 4.78 is 33.9. The van der Waals surface area contributed by atoms with E-state index in [1.165, 1.54) is 50.6 Å². The highest BCUT2D eigenvalue weighted by atomic mass is 19.1. The molecule has 6 nitrogen and oxygen atoms in total. The highest BCUT2D eigenvalue weighted by molar-refractivity contribution is 5.78. The lowest BCUT2D eigenvalue weighted by molar-refractivity contribution is -0.126. The molecule has 2 aliphatic rings. The summed E-state index contributed by atoms with van der Waals surface area (Å²) in [5.41, 5.74) is 0.441. The monoisotopic (exact) mass is 516 g/mol. The number of oxazole rings is 1. The van der Waals surface area contributed by atoms with Gasteiger partial charge in [0.1, 0.15) is 23.0 Å². The number of aromatic nitrogens is 1. The molecule has 3 heterocycles. The molecule has 1 N–H and O–H groups in total. The van der Waals surface area contributed by atoms with Gasteiger partial charge < -0.3 is 14.6 Å². The summed E-state index contributed by atoms with van der Waals surface area (Å²) in [7, 11) is 0. The molecule has 2 saturated heterocycles. The molecule has 0 aliphatic carbocycles. The maximum absolute atomic E-state index is 14.1. The van der Waals surface area contributed by atoms with Gasteiger partial charge in [0.25, 0.3) is 0 Å². The van der Waals surface area contributed by atoms with Crippen LogP contribution in [0, 0.1) is 36.3 Å². The zero-order valence-corrected chi connectivity index (χ0v) is 22.6. The van der Waals surface area contributed by atoms with E-state index in [1.54, 1.807) is 6.92 Å². The maximum Gasteiger partial charge on any atom is 0.232 e. The van der Waals surface area contributed by atoms with Crippen LogP contribution in [0.25, 0.3) is 11.5 Å². The van der Waals surface area contributed by atoms with Gasteiger partial charge in [0.2, 0.25) is 11.8 Å². The van der Waals surface area contributed by atoms with Gasteiger partial charge >= 0.3 is 0 Å². The molecule has 8 heteroatoms. The van der Waals surface area contributed by atoms with Crippen LogP contribution in [0.3, 0.4) is 0 Å². The van der Waals surface area contributed by atoms with Crippen LogP contribution in [-0.4, -0.2) is 60.0 Å². The van der Waals surface area contributed by atoms with Crippen LogP contribution in [0.4, 0.5) is 8.78 Å². The molecule has 2 aliphatic heterocycles. The van der Waals surface area contributed by atoms with Gasteiger partial charge in [-0.05, 0) is 76.2 Å². The first-order valence-electron chi connectivity index (χ1n) is 14.0. The van der Waals surface area contributed by atoms with Gasteiger partial charge in [0, 0.05) is 32.1 Å². The number of hydrogen-bond donors (Lipinski definition) is 1. The van der Waals surface area contributed by atoms with Crippen molar-refractivity contribution in [3.63, 3.8) is 0 Å². The van der Waals surface area contributed by atoms with Crippen LogP contribution in [0.2, 0.25) is 0 Å². The summed E-state index contributed by atoms with van der Waals surface area (Å²) in [4.78, 5) is 21.9. The lowest BCUT2D eigenvalue weighted by atomic mass is 9.86. The molecule has 1 amide bonds. The molecule has 4 rings (SSSR count). The van der Waals surface area contributed by atoms with E-state index in [2.05, 4.69) is 33.9 Å². The minimum Gasteiger partial charge on any atom is -0.441 e. The van der Waals surface area contributed by atoms with Crippen LogP contribution in [-0.2, 0) is 11.3 Å². The second-order valence-electron chi connectivity index (χ2n) is 10.9. The molecular formula is C29H42F2N4O2. The topological polar surface area (TPSA) is 61.6 Å². The third kappa shape index (κ3) is 7.17. The fraction of sp³-hybridized carbons (Fsp3) is 0.655. The molecule has 0 saturated carbocycles. The second kappa shape index (κ2) is 13.0. The minimum atomic E-state index is -0.689. The van der Waals surface area contributed by atoms with Gasteiger partial charge in [0.05, 0.1) is 5.69 Å². The summed E-state index contributed by atoms with van der Waals surface area (Å²) in [6, 6.07) is 3.72. The summed E-state index contributed by atoms with van der Waals surface area (Å²) in [6.45, 7) is 12.6. The molecule has 2 aromatic rings. The summed E-state index contributed by atoms with van der Waals surface area (Å²) in [5, 5.41) is 3.17. The Bertz CT molecular complexity index is 1000. The van der Waals surface area contributed by atoms with Crippen LogP contribution in [0.15, 0.2) is 22.6 Å². The Labute approximate surface area is 219 Å². The first-order chi connectivity index (χ1) is 17.9. The van der Waals surface area contributed by atoms with Gasteiger partial charge in [-0.1, -0.05) is 32.8 Å². The number of benzene rings is 1. The van der Waals surface area contributed by atoms with Crippen molar-refractivity contribution >= 4 is 5.91 Å². The van der Waals surface area contributed by atoms with Crippen molar-refractivity contribution in [2.75, 3.05) is 39.3 Å². The lowest BCUT2D eigenvalue weighted by Gasteiger charge is -2.37. The molecule has 37 heavy (non-hydrogen) atoms. The Balaban J connectivity index is 1.19. The number of likely N-dealkylation sites (tertiary alicyclic amines) is 2. The molecule has 0 bridgehead atoms. The van der Waals surface area contributed by atoms with E-state index in [0.717, 1.165) is 57.3 Å². The Morgan fingerprint density at radius 3 is 2.35 bits per heavy atom. The largest absolute Gasteiger partial charge is 0.441 e. The first-order valence-corrected chi connectivity index (χ1v) is 14.0. The van der Waals surface area contributed by atoms with E-state index in [4.69, 9.17) is 4.42 Å². The van der Waals surface area contributed by atoms with Crippen molar-refractivity contribution in [1.29, 1.82) is 0 Å². The highest BCUT2D eigenvalue weighted by Crippen LogP contribution is 2.29. The fourth-order valence-corrected chi connectivity index (χ4v) is 5.81. The van der Waals surface area contributed by atoms with Crippen LogP contribution < -0.4 is 5.32 Å². The smallest absolute Gasteiger partial charge is 0.232 e. The number of nitrogens with zero attached hydrogens (tertiary/aromatic N) is 3. The predicted molar refractivity (Wildman–Crippen MR) is 141 cm³/mol. The molecule has 2 fully saturated rings. The average molecular weight is 517 g/mol. The zero-order valence-electron chi connectivity index (χ0n) is 22.6. The summed E-state index contributed by atoms with van der Waals surface area (Å²) in [5.74, 6) is 0.960. The zero-order chi connectivity index (χ0) is 26.4. The summed E-state index contributed by atoms with van der Waals surface area (Å²) in [6.07, 6.45) is 6.45. The minimum absolute atomic E-state index is 0.0293. The molecule has 0 unspecified atom stereocenters. The van der Waals surface area contributed by atoms with Crippen molar-refractivity contribution in [3.8, 4) is 11.5 Å². The third-order valence-electron chi connectivity index (χ3n) is 8.21. The van der Waals surface area contributed by atoms with Crippen molar-refractivity contribution in [2.45, 2.75) is 65.8 Å². The average Bonchev–Trinajstić information content (AvgIpc) is 3.25. The fourth-order valence-electron chi connectivity index (χ4n) is 5.81. The Kier molecular flexibility index (Phi) is 9.71. The predicted octanol–water partition coefficient (Wildman–Crippen LogP) is 5.40. The van der Waals surface area contributed by atoms with Crippen molar-refractivity contribution < 1.29 is 18.0 Å². The Hall–Kier alpha value is -2.32. The van der Waals surface area contributed by atoms with E-state index >= 15 is 0 Å². The van der Waals surface area contributed by atoms with Crippen molar-refractivity contribution in [1.82, 2.24) is 20.1 Å². The Morgan fingerprint density at radius 1 is 1.08 bits per heavy atom. The number of nitrogens with one attached hydrogen (secondary N) is 1. The van der Waals surface area contributed by atoms with Crippen LogP contribution in [0.1, 0.15) is 63.8 Å². The van der Waals surface area contributed by atoms with E-state index in [9.17, 15) is 13.6 Å². The third-order valence-corrected chi connectivity index (χ3v) is 8.21. The number of amides is 1. The highest BCUT2D eigenvalue weighted by Gasteiger charge is 2.27. The van der Waals surface area contributed by atoms with E-state index in [0.29, 0.717) is 18.0 Å². The number of halogens is 2. The molecule has 0 spiro atoms. The van der Waals surface area contributed by atoms with Gasteiger partial charge in [-0.15, -0.1) is 0 Å². The standard InChI is InChI=1S/C29H42F2N4O2/c1-4-21-16-22(5-2)18-35(17-21)13-7-12-32-28(36)23-10-14-34(15-11-23)19-26-20(3)37-29(33-26)27-24(30)8-6-9-25(27)31/h6,8-9,21-23H,4-5,7,10-19H2,1-3H3,(H,32,36)/t21-,22+. The number of hydrogen-bond acceptors (Lipinski definition) is 5. The molecule has 0 radical (unpaired) electrons. The molecule has 2 atom stereocenters. The van der Waals surface area contributed by atoms with E-state index in [1.807, 2.05) is 0 Å². The maximum atomic E-state index is 14.1. The number of piperidine rings is 2. The lowest BCUT2D eigenvalue weighted by Crippen LogP contribution is -2.42. The molecular weight excluding hydrogens is 474 g/mol. The quantitative estimate of drug-likeness (QED) is 0.428. The van der Waals surface area contributed by atoms with Gasteiger partial charge in [-0.2, -0.15) is 0 Å². The number of aryl methyl sites for hydroxylation is 1. The van der Waals surface area contributed by atoms with Gasteiger partial charge in [-0.25, -0.2) is 13.8 Å². The van der Waals surface area contributed by atoms with Gasteiger partial charge in [0.15, 0.2) is 0 Å². The van der Waals surface area contributed by atoms with Crippen LogP contribution >= 0.6 is 0 Å². The number of carbonyl (C=O) groups excluding carboxylic acids is 1. The Morgan fingerprint density at radius 2 is 1.73 bits per heavy atom. The normalized spacial score (nSPS) is 21.9. The van der Waals surface area contributed by atoms with Crippen molar-refractivity contribution in [3.05, 3.63) is 41.3 Å². The molecule has 204 valence electrons. The van der Waals surface area contributed by atoms with E-state index < -0.39 is 11.6 Å². The molecule has 1 aromatic carbocycles. The number of carbonyl (C=O) groups is 1. The van der Waals surface area contributed by atoms with Gasteiger partial charge in [-0.3, -0.25) is 9.69 Å². The van der Waals surface area contributed by atoms with E-state index in [-0.39, 0.29) is 23.3 Å². The number of rotatable bonds is 10. The van der Waals surface area contributed by atoms with Crippen LogP contribution in [0.5, 0.6) is 0 Å².